The molecule has 0 aliphatic heterocycles. The van der Waals surface area contributed by atoms with E-state index >= 15 is 0 Å². The molecule has 2 aromatic carbocycles. The van der Waals surface area contributed by atoms with Crippen molar-refractivity contribution in [1.82, 2.24) is 5.32 Å². The van der Waals surface area contributed by atoms with Crippen LogP contribution in [0.15, 0.2) is 54.6 Å². The second-order valence-electron chi connectivity index (χ2n) is 5.77. The molecule has 0 saturated heterocycles. The standard InChI is InChI=1S/C19H20FNO4/c1-19(18(23)24,15-7-9-16(20)10-8-15)21-17(22)11-12-25-13-14-5-3-2-4-6-14/h2-10H,11-13H2,1H3,(H,21,22)(H,23,24). The molecule has 0 bridgehead atoms. The van der Waals surface area contributed by atoms with Gasteiger partial charge in [-0.25, -0.2) is 9.18 Å². The monoisotopic (exact) mass is 345 g/mol. The Labute approximate surface area is 145 Å². The lowest BCUT2D eigenvalue weighted by atomic mass is 9.92. The summed E-state index contributed by atoms with van der Waals surface area (Å²) in [6.07, 6.45) is 0.0247. The van der Waals surface area contributed by atoms with Crippen molar-refractivity contribution in [1.29, 1.82) is 0 Å². The van der Waals surface area contributed by atoms with E-state index in [1.54, 1.807) is 0 Å². The average molecular weight is 345 g/mol. The summed E-state index contributed by atoms with van der Waals surface area (Å²) in [5.74, 6) is -2.16. The van der Waals surface area contributed by atoms with Crippen molar-refractivity contribution >= 4 is 11.9 Å². The van der Waals surface area contributed by atoms with Gasteiger partial charge in [-0.3, -0.25) is 4.79 Å². The summed E-state index contributed by atoms with van der Waals surface area (Å²) < 4.78 is 18.5. The third-order valence-corrected chi connectivity index (χ3v) is 3.82. The molecule has 2 aromatic rings. The summed E-state index contributed by atoms with van der Waals surface area (Å²) in [5, 5.41) is 12.0. The Hall–Kier alpha value is -2.73. The molecule has 0 fully saturated rings. The molecule has 2 rings (SSSR count). The lowest BCUT2D eigenvalue weighted by molar-refractivity contribution is -0.147. The minimum atomic E-state index is -1.63. The number of hydrogen-bond acceptors (Lipinski definition) is 3. The van der Waals surface area contributed by atoms with E-state index in [4.69, 9.17) is 4.74 Å². The third-order valence-electron chi connectivity index (χ3n) is 3.82. The number of hydrogen-bond donors (Lipinski definition) is 2. The van der Waals surface area contributed by atoms with Gasteiger partial charge in [-0.1, -0.05) is 42.5 Å². The molecule has 0 heterocycles. The maximum absolute atomic E-state index is 13.0. The van der Waals surface area contributed by atoms with E-state index in [0.717, 1.165) is 17.7 Å². The van der Waals surface area contributed by atoms with Crippen LogP contribution in [0.1, 0.15) is 24.5 Å². The molecule has 25 heavy (non-hydrogen) atoms. The van der Waals surface area contributed by atoms with Crippen LogP contribution >= 0.6 is 0 Å². The van der Waals surface area contributed by atoms with E-state index in [1.165, 1.54) is 19.1 Å². The van der Waals surface area contributed by atoms with Gasteiger partial charge in [0.25, 0.3) is 0 Å². The number of carbonyl (C=O) groups excluding carboxylic acids is 1. The highest BCUT2D eigenvalue weighted by Gasteiger charge is 2.36. The molecule has 132 valence electrons. The Kier molecular flexibility index (Phi) is 6.25. The topological polar surface area (TPSA) is 75.6 Å². The van der Waals surface area contributed by atoms with E-state index in [0.29, 0.717) is 12.2 Å². The SMILES string of the molecule is CC(NC(=O)CCOCc1ccccc1)(C(=O)O)c1ccc(F)cc1. The number of ether oxygens (including phenoxy) is 1. The largest absolute Gasteiger partial charge is 0.479 e. The number of halogens is 1. The van der Waals surface area contributed by atoms with Crippen molar-refractivity contribution in [2.45, 2.75) is 25.5 Å². The van der Waals surface area contributed by atoms with Gasteiger partial charge >= 0.3 is 5.97 Å². The van der Waals surface area contributed by atoms with Gasteiger partial charge in [-0.2, -0.15) is 0 Å². The zero-order chi connectivity index (χ0) is 18.3. The van der Waals surface area contributed by atoms with Crippen LogP contribution in [0.4, 0.5) is 4.39 Å². The van der Waals surface area contributed by atoms with Gasteiger partial charge in [0, 0.05) is 0 Å². The second kappa shape index (κ2) is 8.39. The number of carboxylic acid groups (broad SMARTS) is 1. The zero-order valence-electron chi connectivity index (χ0n) is 13.9. The molecule has 0 aromatic heterocycles. The predicted molar refractivity (Wildman–Crippen MR) is 90.2 cm³/mol. The van der Waals surface area contributed by atoms with Gasteiger partial charge in [0.1, 0.15) is 5.82 Å². The molecule has 5 nitrogen and oxygen atoms in total. The minimum Gasteiger partial charge on any atom is -0.479 e. The number of nitrogens with one attached hydrogen (secondary N) is 1. The highest BCUT2D eigenvalue weighted by Crippen LogP contribution is 2.21. The fraction of sp³-hybridized carbons (Fsp3) is 0.263. The lowest BCUT2D eigenvalue weighted by Crippen LogP contribution is -2.49. The van der Waals surface area contributed by atoms with Crippen LogP contribution in [0.25, 0.3) is 0 Å². The maximum atomic E-state index is 13.0. The zero-order valence-corrected chi connectivity index (χ0v) is 13.9. The minimum absolute atomic E-state index is 0.0247. The maximum Gasteiger partial charge on any atom is 0.333 e. The van der Waals surface area contributed by atoms with Crippen molar-refractivity contribution in [3.05, 3.63) is 71.5 Å². The van der Waals surface area contributed by atoms with E-state index in [2.05, 4.69) is 5.32 Å². The van der Waals surface area contributed by atoms with Crippen LogP contribution in [0, 0.1) is 5.82 Å². The molecule has 6 heteroatoms. The second-order valence-corrected chi connectivity index (χ2v) is 5.77. The first kappa shape index (κ1) is 18.6. The molecule has 2 N–H and O–H groups in total. The Morgan fingerprint density at radius 1 is 1.12 bits per heavy atom. The van der Waals surface area contributed by atoms with Gasteiger partial charge in [0.2, 0.25) is 5.91 Å². The molecule has 0 radical (unpaired) electrons. The van der Waals surface area contributed by atoms with E-state index < -0.39 is 23.2 Å². The fourth-order valence-corrected chi connectivity index (χ4v) is 2.30. The molecule has 0 aliphatic rings. The molecule has 1 atom stereocenters. The smallest absolute Gasteiger partial charge is 0.333 e. The molecule has 0 spiro atoms. The van der Waals surface area contributed by atoms with Crippen molar-refractivity contribution in [3.63, 3.8) is 0 Å². The molecule has 0 aliphatic carbocycles. The summed E-state index contributed by atoms with van der Waals surface area (Å²) in [6, 6.07) is 14.5. The normalized spacial score (nSPS) is 13.0. The number of carboxylic acids is 1. The molecule has 1 unspecified atom stereocenters. The lowest BCUT2D eigenvalue weighted by Gasteiger charge is -2.26. The van der Waals surface area contributed by atoms with E-state index in [9.17, 15) is 19.1 Å². The summed E-state index contributed by atoms with van der Waals surface area (Å²) in [5.41, 5.74) is -0.353. The third kappa shape index (κ3) is 5.12. The average Bonchev–Trinajstić information content (AvgIpc) is 2.60. The molecule has 0 saturated carbocycles. The highest BCUT2D eigenvalue weighted by molar-refractivity contribution is 5.87. The Bertz CT molecular complexity index is 718. The molecular formula is C19H20FNO4. The van der Waals surface area contributed by atoms with E-state index in [-0.39, 0.29) is 13.0 Å². The van der Waals surface area contributed by atoms with Gasteiger partial charge in [-0.15, -0.1) is 0 Å². The summed E-state index contributed by atoms with van der Waals surface area (Å²) >= 11 is 0. The Morgan fingerprint density at radius 2 is 1.76 bits per heavy atom. The van der Waals surface area contributed by atoms with Crippen LogP contribution < -0.4 is 5.32 Å². The molecule has 1 amide bonds. The first-order chi connectivity index (χ1) is 11.9. The van der Waals surface area contributed by atoms with Gasteiger partial charge in [-0.05, 0) is 30.2 Å². The van der Waals surface area contributed by atoms with Crippen LogP contribution in [-0.2, 0) is 26.5 Å². The van der Waals surface area contributed by atoms with Crippen molar-refractivity contribution in [2.24, 2.45) is 0 Å². The summed E-state index contributed by atoms with van der Waals surface area (Å²) in [6.45, 7) is 1.91. The molecular weight excluding hydrogens is 325 g/mol. The van der Waals surface area contributed by atoms with E-state index in [1.807, 2.05) is 30.3 Å². The van der Waals surface area contributed by atoms with Gasteiger partial charge in [0.15, 0.2) is 5.54 Å². The number of rotatable bonds is 8. The highest BCUT2D eigenvalue weighted by atomic mass is 19.1. The number of benzene rings is 2. The van der Waals surface area contributed by atoms with Crippen molar-refractivity contribution in [3.8, 4) is 0 Å². The quantitative estimate of drug-likeness (QED) is 0.722. The van der Waals surface area contributed by atoms with Crippen LogP contribution in [0.3, 0.4) is 0 Å². The first-order valence-corrected chi connectivity index (χ1v) is 7.84. The van der Waals surface area contributed by atoms with Crippen molar-refractivity contribution < 1.29 is 23.8 Å². The first-order valence-electron chi connectivity index (χ1n) is 7.84. The van der Waals surface area contributed by atoms with Crippen LogP contribution in [0.5, 0.6) is 0 Å². The summed E-state index contributed by atoms with van der Waals surface area (Å²) in [4.78, 5) is 23.7. The van der Waals surface area contributed by atoms with Crippen molar-refractivity contribution in [2.75, 3.05) is 6.61 Å². The predicted octanol–water partition coefficient (Wildman–Crippen LogP) is 2.85. The van der Waals surface area contributed by atoms with Gasteiger partial charge in [0.05, 0.1) is 19.6 Å². The Balaban J connectivity index is 1.89. The number of aliphatic carboxylic acids is 1. The van der Waals surface area contributed by atoms with Crippen LogP contribution in [0.2, 0.25) is 0 Å². The summed E-state index contributed by atoms with van der Waals surface area (Å²) in [7, 11) is 0. The van der Waals surface area contributed by atoms with Gasteiger partial charge < -0.3 is 15.2 Å². The number of carbonyl (C=O) groups is 2. The van der Waals surface area contributed by atoms with Crippen LogP contribution in [-0.4, -0.2) is 23.6 Å². The fourth-order valence-electron chi connectivity index (χ4n) is 2.30. The number of amides is 1. The Morgan fingerprint density at radius 3 is 2.36 bits per heavy atom.